The molecule has 144 valence electrons. The summed E-state index contributed by atoms with van der Waals surface area (Å²) in [6, 6.07) is 18.4. The van der Waals surface area contributed by atoms with Crippen molar-refractivity contribution in [3.05, 3.63) is 105 Å². The maximum atomic E-state index is 13.2. The summed E-state index contributed by atoms with van der Waals surface area (Å²) in [7, 11) is 0. The van der Waals surface area contributed by atoms with Gasteiger partial charge < -0.3 is 0 Å². The number of nitrogens with one attached hydrogen (secondary N) is 1. The van der Waals surface area contributed by atoms with Crippen LogP contribution < -0.4 is 16.7 Å². The van der Waals surface area contributed by atoms with Crippen LogP contribution in [0.5, 0.6) is 0 Å². The molecule has 0 aliphatic carbocycles. The summed E-state index contributed by atoms with van der Waals surface area (Å²) >= 11 is 0. The Morgan fingerprint density at radius 1 is 0.966 bits per heavy atom. The molecular weight excluding hydrogens is 372 g/mol. The van der Waals surface area contributed by atoms with Crippen molar-refractivity contribution in [2.75, 3.05) is 0 Å². The molecule has 2 heterocycles. The number of aromatic nitrogens is 3. The number of amides is 1. The highest BCUT2D eigenvalue weighted by atomic mass is 16.5. The number of benzene rings is 2. The zero-order valence-corrected chi connectivity index (χ0v) is 15.1. The molecule has 29 heavy (non-hydrogen) atoms. The fourth-order valence-electron chi connectivity index (χ4n) is 3.17. The van der Waals surface area contributed by atoms with Gasteiger partial charge in [-0.15, -0.1) is 0 Å². The summed E-state index contributed by atoms with van der Waals surface area (Å²) in [5, 5.41) is 9.13. The van der Waals surface area contributed by atoms with Crippen LogP contribution in [0.25, 0.3) is 16.7 Å². The SMILES string of the molecule is O=C(NO)c1ccc(Cn2c(=O)n(-c3ccccn3)c(=O)c3ccccc32)cc1. The molecule has 2 aromatic heterocycles. The first-order valence-corrected chi connectivity index (χ1v) is 8.79. The van der Waals surface area contributed by atoms with E-state index in [1.807, 2.05) is 0 Å². The van der Waals surface area contributed by atoms with Crippen LogP contribution >= 0.6 is 0 Å². The van der Waals surface area contributed by atoms with Gasteiger partial charge in [-0.05, 0) is 42.0 Å². The first kappa shape index (κ1) is 18.3. The van der Waals surface area contributed by atoms with Crippen molar-refractivity contribution < 1.29 is 10.0 Å². The Hall–Kier alpha value is -4.04. The Balaban J connectivity index is 1.89. The van der Waals surface area contributed by atoms with Crippen LogP contribution in [0.1, 0.15) is 15.9 Å². The van der Waals surface area contributed by atoms with Gasteiger partial charge in [-0.25, -0.2) is 19.8 Å². The van der Waals surface area contributed by atoms with E-state index in [1.54, 1.807) is 72.2 Å². The van der Waals surface area contributed by atoms with E-state index in [0.717, 1.165) is 10.1 Å². The van der Waals surface area contributed by atoms with Crippen LogP contribution in [0.3, 0.4) is 0 Å². The van der Waals surface area contributed by atoms with Crippen molar-refractivity contribution in [1.29, 1.82) is 0 Å². The number of carbonyl (C=O) groups excluding carboxylic acids is 1. The molecule has 2 aromatic carbocycles. The monoisotopic (exact) mass is 388 g/mol. The summed E-state index contributed by atoms with van der Waals surface area (Å²) in [5.74, 6) is -0.375. The van der Waals surface area contributed by atoms with Crippen LogP contribution in [0.15, 0.2) is 82.5 Å². The third kappa shape index (κ3) is 3.32. The van der Waals surface area contributed by atoms with E-state index < -0.39 is 17.2 Å². The van der Waals surface area contributed by atoms with Gasteiger partial charge in [0, 0.05) is 11.8 Å². The summed E-state index contributed by atoms with van der Waals surface area (Å²) in [5.41, 5.74) is 2.17. The Morgan fingerprint density at radius 3 is 2.38 bits per heavy atom. The summed E-state index contributed by atoms with van der Waals surface area (Å²) in [6.07, 6.45) is 1.52. The number of carbonyl (C=O) groups is 1. The number of rotatable bonds is 4. The molecule has 8 heteroatoms. The van der Waals surface area contributed by atoms with Gasteiger partial charge in [0.05, 0.1) is 17.4 Å². The van der Waals surface area contributed by atoms with Crippen LogP contribution in [0, 0.1) is 0 Å². The first-order valence-electron chi connectivity index (χ1n) is 8.79. The molecule has 0 saturated heterocycles. The summed E-state index contributed by atoms with van der Waals surface area (Å²) in [6.45, 7) is 0.188. The fourth-order valence-corrected chi connectivity index (χ4v) is 3.17. The number of nitrogens with zero attached hydrogens (tertiary/aromatic N) is 3. The van der Waals surface area contributed by atoms with Gasteiger partial charge in [-0.2, -0.15) is 0 Å². The van der Waals surface area contributed by atoms with E-state index in [1.165, 1.54) is 10.8 Å². The molecule has 0 aliphatic rings. The number of hydrogen-bond donors (Lipinski definition) is 2. The van der Waals surface area contributed by atoms with Crippen molar-refractivity contribution >= 4 is 16.8 Å². The number of hydroxylamine groups is 1. The largest absolute Gasteiger partial charge is 0.337 e. The minimum atomic E-state index is -0.622. The van der Waals surface area contributed by atoms with Crippen molar-refractivity contribution in [1.82, 2.24) is 19.6 Å². The highest BCUT2D eigenvalue weighted by molar-refractivity contribution is 5.93. The van der Waals surface area contributed by atoms with E-state index in [-0.39, 0.29) is 17.9 Å². The van der Waals surface area contributed by atoms with Crippen LogP contribution in [-0.4, -0.2) is 25.2 Å². The molecule has 0 radical (unpaired) electrons. The topological polar surface area (TPSA) is 106 Å². The number of fused-ring (bicyclic) bond motifs is 1. The van der Waals surface area contributed by atoms with Crippen LogP contribution in [0.2, 0.25) is 0 Å². The van der Waals surface area contributed by atoms with Crippen molar-refractivity contribution in [3.8, 4) is 5.82 Å². The van der Waals surface area contributed by atoms with E-state index in [0.29, 0.717) is 10.9 Å². The average molecular weight is 388 g/mol. The van der Waals surface area contributed by atoms with Crippen molar-refractivity contribution in [2.24, 2.45) is 0 Å². The average Bonchev–Trinajstić information content (AvgIpc) is 2.77. The fraction of sp³-hybridized carbons (Fsp3) is 0.0476. The van der Waals surface area contributed by atoms with Gasteiger partial charge in [0.25, 0.3) is 11.5 Å². The van der Waals surface area contributed by atoms with Gasteiger partial charge >= 0.3 is 5.69 Å². The Morgan fingerprint density at radius 2 is 1.69 bits per heavy atom. The summed E-state index contributed by atoms with van der Waals surface area (Å²) < 4.78 is 2.54. The quantitative estimate of drug-likeness (QED) is 0.409. The lowest BCUT2D eigenvalue weighted by Crippen LogP contribution is -2.39. The normalized spacial score (nSPS) is 10.8. The third-order valence-corrected chi connectivity index (χ3v) is 4.59. The van der Waals surface area contributed by atoms with Gasteiger partial charge in [0.15, 0.2) is 0 Å². The molecular formula is C21H16N4O4. The number of pyridine rings is 1. The van der Waals surface area contributed by atoms with E-state index in [4.69, 9.17) is 5.21 Å². The molecule has 0 spiro atoms. The second-order valence-electron chi connectivity index (χ2n) is 6.35. The van der Waals surface area contributed by atoms with Gasteiger partial charge in [-0.3, -0.25) is 19.4 Å². The number of hydrogen-bond acceptors (Lipinski definition) is 5. The van der Waals surface area contributed by atoms with E-state index >= 15 is 0 Å². The molecule has 1 amide bonds. The molecule has 0 bridgehead atoms. The molecule has 0 atom stereocenters. The maximum absolute atomic E-state index is 13.2. The smallest absolute Gasteiger partial charge is 0.288 e. The minimum absolute atomic E-state index is 0.188. The van der Waals surface area contributed by atoms with Crippen LogP contribution in [0.4, 0.5) is 0 Å². The van der Waals surface area contributed by atoms with Crippen molar-refractivity contribution in [2.45, 2.75) is 6.54 Å². The first-order chi connectivity index (χ1) is 14.1. The predicted molar refractivity (Wildman–Crippen MR) is 106 cm³/mol. The van der Waals surface area contributed by atoms with Crippen molar-refractivity contribution in [3.63, 3.8) is 0 Å². The zero-order valence-electron chi connectivity index (χ0n) is 15.1. The second-order valence-corrected chi connectivity index (χ2v) is 6.35. The maximum Gasteiger partial charge on any atom is 0.337 e. The lowest BCUT2D eigenvalue weighted by atomic mass is 10.1. The van der Waals surface area contributed by atoms with E-state index in [9.17, 15) is 14.4 Å². The second kappa shape index (κ2) is 7.53. The van der Waals surface area contributed by atoms with Gasteiger partial charge in [0.1, 0.15) is 5.82 Å². The highest BCUT2D eigenvalue weighted by Gasteiger charge is 2.15. The van der Waals surface area contributed by atoms with Crippen LogP contribution in [-0.2, 0) is 6.54 Å². The standard InChI is InChI=1S/C21H16N4O4/c26-19(23-29)15-10-8-14(9-11-15)13-24-17-6-2-1-5-16(17)20(27)25(21(24)28)18-7-3-4-12-22-18/h1-12,29H,13H2,(H,23,26). The predicted octanol–water partition coefficient (Wildman–Crippen LogP) is 1.71. The molecule has 0 unspecified atom stereocenters. The number of para-hydroxylation sites is 1. The molecule has 8 nitrogen and oxygen atoms in total. The zero-order chi connectivity index (χ0) is 20.4. The third-order valence-electron chi connectivity index (χ3n) is 4.59. The summed E-state index contributed by atoms with van der Waals surface area (Å²) in [4.78, 5) is 41.8. The Kier molecular flexibility index (Phi) is 4.76. The molecule has 4 aromatic rings. The Bertz CT molecular complexity index is 1310. The Labute approximate surface area is 164 Å². The lowest BCUT2D eigenvalue weighted by molar-refractivity contribution is 0.0706. The van der Waals surface area contributed by atoms with Gasteiger partial charge in [0.2, 0.25) is 0 Å². The lowest BCUT2D eigenvalue weighted by Gasteiger charge is -2.14. The highest BCUT2D eigenvalue weighted by Crippen LogP contribution is 2.12. The minimum Gasteiger partial charge on any atom is -0.288 e. The molecule has 0 aliphatic heterocycles. The van der Waals surface area contributed by atoms with E-state index in [2.05, 4.69) is 4.98 Å². The molecule has 0 fully saturated rings. The molecule has 2 N–H and O–H groups in total. The van der Waals surface area contributed by atoms with Gasteiger partial charge in [-0.1, -0.05) is 30.3 Å². The molecule has 0 saturated carbocycles. The molecule has 4 rings (SSSR count).